The van der Waals surface area contributed by atoms with Gasteiger partial charge in [-0.1, -0.05) is 57.2 Å². The molecule has 2 N–H and O–H groups in total. The van der Waals surface area contributed by atoms with E-state index in [1.807, 2.05) is 48.5 Å². The van der Waals surface area contributed by atoms with E-state index in [1.54, 1.807) is 6.07 Å². The van der Waals surface area contributed by atoms with Gasteiger partial charge in [-0.2, -0.15) is 0 Å². The van der Waals surface area contributed by atoms with Crippen molar-refractivity contribution in [3.05, 3.63) is 77.9 Å². The quantitative estimate of drug-likeness (QED) is 0.223. The average Bonchev–Trinajstić information content (AvgIpc) is 2.85. The van der Waals surface area contributed by atoms with Crippen LogP contribution in [-0.2, 0) is 14.8 Å². The Kier molecular flexibility index (Phi) is 9.59. The third-order valence-electron chi connectivity index (χ3n) is 5.45. The summed E-state index contributed by atoms with van der Waals surface area (Å²) in [6, 6.07) is 21.3. The predicted octanol–water partition coefficient (Wildman–Crippen LogP) is 4.97. The van der Waals surface area contributed by atoms with Crippen molar-refractivity contribution in [2.75, 3.05) is 18.1 Å². The Bertz CT molecular complexity index is 1180. The van der Waals surface area contributed by atoms with Gasteiger partial charge in [0.25, 0.3) is 5.91 Å². The number of fused-ring (bicyclic) bond motifs is 1. The summed E-state index contributed by atoms with van der Waals surface area (Å²) in [5.41, 5.74) is 6.21. The van der Waals surface area contributed by atoms with Crippen molar-refractivity contribution >= 4 is 44.1 Å². The van der Waals surface area contributed by atoms with E-state index in [1.165, 1.54) is 11.8 Å². The second kappa shape index (κ2) is 12.4. The third kappa shape index (κ3) is 8.69. The van der Waals surface area contributed by atoms with Gasteiger partial charge in [0.2, 0.25) is 5.91 Å². The number of rotatable bonds is 10. The number of benzene rings is 3. The molecule has 3 rings (SSSR count). The van der Waals surface area contributed by atoms with Gasteiger partial charge in [-0.05, 0) is 65.6 Å². The number of hydrogen-bond acceptors (Lipinski definition) is 5. The molecule has 0 unspecified atom stereocenters. The average molecular weight is 525 g/mol. The van der Waals surface area contributed by atoms with Crippen LogP contribution in [0.1, 0.15) is 50.5 Å². The van der Waals surface area contributed by atoms with Crippen molar-refractivity contribution in [1.82, 2.24) is 10.9 Å². The van der Waals surface area contributed by atoms with Crippen molar-refractivity contribution in [1.29, 1.82) is 0 Å². The maximum atomic E-state index is 12.6. The van der Waals surface area contributed by atoms with Gasteiger partial charge in [-0.3, -0.25) is 20.4 Å². The summed E-state index contributed by atoms with van der Waals surface area (Å²) in [6.07, 6.45) is 0. The number of amides is 2. The number of hydrazine groups is 1. The molecule has 0 bridgehead atoms. The molecule has 2 amide bonds. The highest BCUT2D eigenvalue weighted by atomic mass is 32.2. The van der Waals surface area contributed by atoms with Crippen LogP contribution in [0.5, 0.6) is 5.75 Å². The fourth-order valence-corrected chi connectivity index (χ4v) is 4.94. The number of carbonyl (C=O) groups is 2. The first-order valence-electron chi connectivity index (χ1n) is 12.1. The summed E-state index contributed by atoms with van der Waals surface area (Å²) in [4.78, 5) is 24.6. The molecule has 0 aliphatic heterocycles. The highest BCUT2D eigenvalue weighted by Crippen LogP contribution is 2.31. The number of para-hydroxylation sites is 1. The molecule has 0 radical (unpaired) electrons. The lowest BCUT2D eigenvalue weighted by molar-refractivity contribution is -0.119. The van der Waals surface area contributed by atoms with Crippen LogP contribution in [0.15, 0.2) is 66.7 Å². The van der Waals surface area contributed by atoms with Crippen LogP contribution in [0.25, 0.3) is 10.8 Å². The molecule has 0 aliphatic carbocycles. The number of carbonyl (C=O) groups excluding carboxylic acids is 2. The van der Waals surface area contributed by atoms with Crippen molar-refractivity contribution in [2.45, 2.75) is 45.3 Å². The standard InChI is InChI=1S/C28H36N2O4SSi/c1-27(2,3)36-34-28(4,5)23-14-13-20-17-22(12-11-21(20)18-23)26(32)30-29-25(31)19-35-16-15-33-24-9-7-6-8-10-24/h6-14,17-18H,15-16,19,36H2,1-5H3,(H,29,31)(H,30,32). The summed E-state index contributed by atoms with van der Waals surface area (Å²) in [6.45, 7) is 11.4. The van der Waals surface area contributed by atoms with E-state index in [0.29, 0.717) is 17.9 Å². The molecule has 0 saturated carbocycles. The summed E-state index contributed by atoms with van der Waals surface area (Å²) in [5.74, 6) is 1.09. The Morgan fingerprint density at radius 3 is 2.31 bits per heavy atom. The molecule has 0 atom stereocenters. The Hall–Kier alpha value is -2.81. The predicted molar refractivity (Wildman–Crippen MR) is 151 cm³/mol. The van der Waals surface area contributed by atoms with Crippen molar-refractivity contribution in [3.8, 4) is 5.75 Å². The topological polar surface area (TPSA) is 76.7 Å². The zero-order valence-electron chi connectivity index (χ0n) is 21.7. The Labute approximate surface area is 220 Å². The van der Waals surface area contributed by atoms with Crippen LogP contribution in [0.2, 0.25) is 5.04 Å². The Morgan fingerprint density at radius 1 is 0.889 bits per heavy atom. The first-order chi connectivity index (χ1) is 17.0. The lowest BCUT2D eigenvalue weighted by atomic mass is 9.95. The second-order valence-corrected chi connectivity index (χ2v) is 14.2. The molecular weight excluding hydrogens is 488 g/mol. The Morgan fingerprint density at radius 2 is 1.58 bits per heavy atom. The molecule has 0 spiro atoms. The molecule has 8 heteroatoms. The van der Waals surface area contributed by atoms with Crippen LogP contribution in [-0.4, -0.2) is 39.7 Å². The summed E-state index contributed by atoms with van der Waals surface area (Å²) < 4.78 is 11.9. The fraction of sp³-hybridized carbons (Fsp3) is 0.357. The molecule has 0 heterocycles. The zero-order valence-corrected chi connectivity index (χ0v) is 24.0. The van der Waals surface area contributed by atoms with Gasteiger partial charge < -0.3 is 9.16 Å². The van der Waals surface area contributed by atoms with Crippen LogP contribution < -0.4 is 15.6 Å². The lowest BCUT2D eigenvalue weighted by Crippen LogP contribution is -2.42. The highest BCUT2D eigenvalue weighted by molar-refractivity contribution is 7.99. The Balaban J connectivity index is 1.47. The van der Waals surface area contributed by atoms with E-state index in [0.717, 1.165) is 22.1 Å². The minimum absolute atomic E-state index is 0.223. The maximum absolute atomic E-state index is 12.6. The number of hydrogen-bond donors (Lipinski definition) is 2. The monoisotopic (exact) mass is 524 g/mol. The number of ether oxygens (including phenoxy) is 1. The van der Waals surface area contributed by atoms with Gasteiger partial charge in [0.15, 0.2) is 9.76 Å². The van der Waals surface area contributed by atoms with E-state index in [2.05, 4.69) is 57.6 Å². The van der Waals surface area contributed by atoms with Crippen molar-refractivity contribution < 1.29 is 18.8 Å². The van der Waals surface area contributed by atoms with Crippen LogP contribution in [0.3, 0.4) is 0 Å². The normalized spacial score (nSPS) is 12.1. The molecule has 36 heavy (non-hydrogen) atoms. The molecule has 0 saturated heterocycles. The van der Waals surface area contributed by atoms with Gasteiger partial charge in [-0.25, -0.2) is 0 Å². The molecule has 0 aliphatic rings. The van der Waals surface area contributed by atoms with E-state index in [9.17, 15) is 9.59 Å². The fourth-order valence-electron chi connectivity index (χ4n) is 3.38. The van der Waals surface area contributed by atoms with Crippen molar-refractivity contribution in [2.24, 2.45) is 0 Å². The SMILES string of the molecule is CC(C)(C)[SiH2]OC(C)(C)c1ccc2cc(C(=O)NNC(=O)CSCCOc3ccccc3)ccc2c1. The van der Waals surface area contributed by atoms with Gasteiger partial charge in [-0.15, -0.1) is 11.8 Å². The summed E-state index contributed by atoms with van der Waals surface area (Å²) >= 11 is 1.44. The van der Waals surface area contributed by atoms with Gasteiger partial charge in [0.05, 0.1) is 18.0 Å². The smallest absolute Gasteiger partial charge is 0.269 e. The van der Waals surface area contributed by atoms with Crippen molar-refractivity contribution in [3.63, 3.8) is 0 Å². The number of thioether (sulfide) groups is 1. The minimum Gasteiger partial charge on any atom is -0.493 e. The van der Waals surface area contributed by atoms with Gasteiger partial charge in [0, 0.05) is 11.3 Å². The molecule has 0 aromatic heterocycles. The minimum atomic E-state index is -0.695. The molecule has 192 valence electrons. The van der Waals surface area contributed by atoms with E-state index >= 15 is 0 Å². The first kappa shape index (κ1) is 27.8. The van der Waals surface area contributed by atoms with E-state index in [-0.39, 0.29) is 28.2 Å². The molecule has 3 aromatic carbocycles. The van der Waals surface area contributed by atoms with E-state index < -0.39 is 9.76 Å². The maximum Gasteiger partial charge on any atom is 0.269 e. The molecule has 3 aromatic rings. The first-order valence-corrected chi connectivity index (χ1v) is 14.5. The highest BCUT2D eigenvalue weighted by Gasteiger charge is 2.24. The lowest BCUT2D eigenvalue weighted by Gasteiger charge is -2.30. The van der Waals surface area contributed by atoms with E-state index in [4.69, 9.17) is 9.16 Å². The zero-order chi connectivity index (χ0) is 26.2. The van der Waals surface area contributed by atoms with Crippen LogP contribution in [0, 0.1) is 0 Å². The molecule has 0 fully saturated rings. The van der Waals surface area contributed by atoms with Crippen LogP contribution in [0.4, 0.5) is 0 Å². The molecule has 6 nitrogen and oxygen atoms in total. The molecular formula is C28H36N2O4SSi. The van der Waals surface area contributed by atoms with Crippen LogP contribution >= 0.6 is 11.8 Å². The van der Waals surface area contributed by atoms with Gasteiger partial charge >= 0.3 is 0 Å². The summed E-state index contributed by atoms with van der Waals surface area (Å²) in [5, 5.41) is 2.22. The summed E-state index contributed by atoms with van der Waals surface area (Å²) in [7, 11) is -0.695. The van der Waals surface area contributed by atoms with Gasteiger partial charge in [0.1, 0.15) is 5.75 Å². The largest absolute Gasteiger partial charge is 0.493 e. The second-order valence-electron chi connectivity index (χ2n) is 10.4. The number of nitrogens with one attached hydrogen (secondary N) is 2. The third-order valence-corrected chi connectivity index (χ3v) is 8.11.